The molecule has 2 aromatic rings. The molecule has 0 saturated heterocycles. The fraction of sp³-hybridized carbons (Fsp3) is 0.143. The Bertz CT molecular complexity index is 630. The molecule has 0 radical (unpaired) electrons. The number of benzene rings is 1. The van der Waals surface area contributed by atoms with Gasteiger partial charge >= 0.3 is 0 Å². The Hall–Kier alpha value is -1.92. The van der Waals surface area contributed by atoms with E-state index in [0.717, 1.165) is 22.1 Å². The van der Waals surface area contributed by atoms with E-state index in [2.05, 4.69) is 31.7 Å². The van der Waals surface area contributed by atoms with E-state index in [1.807, 2.05) is 25.1 Å². The van der Waals surface area contributed by atoms with Gasteiger partial charge in [-0.3, -0.25) is 15.6 Å². The number of hydrogen-bond donors (Lipinski definition) is 3. The number of nitrogen functional groups attached to an aromatic ring is 1. The summed E-state index contributed by atoms with van der Waals surface area (Å²) in [6.07, 6.45) is 2.36. The smallest absolute Gasteiger partial charge is 0.274 e. The van der Waals surface area contributed by atoms with Gasteiger partial charge in [-0.15, -0.1) is 0 Å². The summed E-state index contributed by atoms with van der Waals surface area (Å²) in [5, 5.41) is 2.87. The lowest BCUT2D eigenvalue weighted by molar-refractivity contribution is 0.102. The van der Waals surface area contributed by atoms with Crippen LogP contribution in [-0.4, -0.2) is 10.9 Å². The number of carbonyl (C=O) groups excluding carboxylic acids is 1. The van der Waals surface area contributed by atoms with Gasteiger partial charge in [-0.2, -0.15) is 0 Å². The highest BCUT2D eigenvalue weighted by atomic mass is 79.9. The molecule has 4 N–H and O–H groups in total. The van der Waals surface area contributed by atoms with Crippen molar-refractivity contribution in [3.63, 3.8) is 0 Å². The molecule has 0 bridgehead atoms. The Balaban J connectivity index is 2.23. The number of nitrogens with one attached hydrogen (secondary N) is 2. The molecule has 0 atom stereocenters. The maximum atomic E-state index is 12.2. The van der Waals surface area contributed by atoms with Crippen LogP contribution in [0.15, 0.2) is 41.0 Å². The number of halogens is 1. The Labute approximate surface area is 125 Å². The van der Waals surface area contributed by atoms with Crippen molar-refractivity contribution in [2.24, 2.45) is 5.84 Å². The first-order chi connectivity index (χ1) is 9.63. The van der Waals surface area contributed by atoms with E-state index in [1.54, 1.807) is 12.1 Å². The minimum Gasteiger partial charge on any atom is -0.324 e. The van der Waals surface area contributed by atoms with Gasteiger partial charge in [-0.1, -0.05) is 22.9 Å². The molecule has 0 aliphatic heterocycles. The number of amides is 1. The quantitative estimate of drug-likeness (QED) is 0.593. The third kappa shape index (κ3) is 3.34. The molecule has 20 heavy (non-hydrogen) atoms. The lowest BCUT2D eigenvalue weighted by Crippen LogP contribution is -2.16. The van der Waals surface area contributed by atoms with Gasteiger partial charge in [0.1, 0.15) is 5.69 Å². The molecular formula is C14H15BrN4O. The largest absolute Gasteiger partial charge is 0.324 e. The first kappa shape index (κ1) is 14.5. The maximum Gasteiger partial charge on any atom is 0.274 e. The molecule has 0 unspecified atom stereocenters. The fourth-order valence-corrected chi connectivity index (χ4v) is 2.22. The third-order valence-electron chi connectivity index (χ3n) is 2.86. The molecule has 0 spiro atoms. The molecule has 0 saturated carbocycles. The van der Waals surface area contributed by atoms with Crippen molar-refractivity contribution in [3.8, 4) is 0 Å². The molecule has 1 heterocycles. The molecule has 104 valence electrons. The minimum absolute atomic E-state index is 0.265. The molecule has 5 nitrogen and oxygen atoms in total. The zero-order chi connectivity index (χ0) is 14.5. The summed E-state index contributed by atoms with van der Waals surface area (Å²) in [4.78, 5) is 16.2. The monoisotopic (exact) mass is 334 g/mol. The first-order valence-electron chi connectivity index (χ1n) is 6.16. The Morgan fingerprint density at radius 1 is 1.35 bits per heavy atom. The number of hydrogen-bond acceptors (Lipinski definition) is 4. The third-order valence-corrected chi connectivity index (χ3v) is 3.35. The highest BCUT2D eigenvalue weighted by molar-refractivity contribution is 9.10. The second-order valence-electron chi connectivity index (χ2n) is 4.18. The first-order valence-corrected chi connectivity index (χ1v) is 6.95. The Morgan fingerprint density at radius 2 is 2.15 bits per heavy atom. The van der Waals surface area contributed by atoms with Crippen LogP contribution in [-0.2, 0) is 6.42 Å². The Kier molecular flexibility index (Phi) is 4.70. The Morgan fingerprint density at radius 3 is 2.85 bits per heavy atom. The number of pyridine rings is 1. The average Bonchev–Trinajstić information content (AvgIpc) is 2.49. The zero-order valence-corrected chi connectivity index (χ0v) is 12.6. The van der Waals surface area contributed by atoms with E-state index in [9.17, 15) is 4.79 Å². The van der Waals surface area contributed by atoms with Crippen molar-refractivity contribution in [3.05, 3.63) is 52.3 Å². The molecule has 1 aromatic heterocycles. The van der Waals surface area contributed by atoms with E-state index in [0.29, 0.717) is 11.4 Å². The highest BCUT2D eigenvalue weighted by Crippen LogP contribution is 2.22. The molecule has 1 amide bonds. The minimum atomic E-state index is -0.265. The van der Waals surface area contributed by atoms with Crippen molar-refractivity contribution in [1.82, 2.24) is 4.98 Å². The molecular weight excluding hydrogens is 320 g/mol. The van der Waals surface area contributed by atoms with Gasteiger partial charge < -0.3 is 10.7 Å². The fourth-order valence-electron chi connectivity index (χ4n) is 1.81. The van der Waals surface area contributed by atoms with Gasteiger partial charge in [0.2, 0.25) is 0 Å². The van der Waals surface area contributed by atoms with Crippen LogP contribution in [0.4, 0.5) is 11.4 Å². The van der Waals surface area contributed by atoms with E-state index in [-0.39, 0.29) is 5.91 Å². The number of rotatable bonds is 4. The van der Waals surface area contributed by atoms with Gasteiger partial charge in [-0.25, -0.2) is 0 Å². The summed E-state index contributed by atoms with van der Waals surface area (Å²) in [5.41, 5.74) is 5.28. The van der Waals surface area contributed by atoms with Gasteiger partial charge in [-0.05, 0) is 42.3 Å². The maximum absolute atomic E-state index is 12.2. The predicted molar refractivity (Wildman–Crippen MR) is 83.5 cm³/mol. The van der Waals surface area contributed by atoms with Gasteiger partial charge in [0.15, 0.2) is 0 Å². The SMILES string of the molecule is CCc1cc(Br)ccc1NC(=O)c1cc(NN)ccn1. The van der Waals surface area contributed by atoms with E-state index >= 15 is 0 Å². The second kappa shape index (κ2) is 6.49. The van der Waals surface area contributed by atoms with Gasteiger partial charge in [0, 0.05) is 16.4 Å². The van der Waals surface area contributed by atoms with Crippen LogP contribution in [0.2, 0.25) is 0 Å². The van der Waals surface area contributed by atoms with E-state index < -0.39 is 0 Å². The van der Waals surface area contributed by atoms with Crippen molar-refractivity contribution < 1.29 is 4.79 Å². The molecule has 0 aliphatic carbocycles. The molecule has 0 fully saturated rings. The van der Waals surface area contributed by atoms with Gasteiger partial charge in [0.05, 0.1) is 5.69 Å². The number of carbonyl (C=O) groups is 1. The van der Waals surface area contributed by atoms with Crippen LogP contribution in [0.1, 0.15) is 23.0 Å². The normalized spacial score (nSPS) is 10.2. The van der Waals surface area contributed by atoms with Crippen LogP contribution in [0, 0.1) is 0 Å². The van der Waals surface area contributed by atoms with Crippen molar-refractivity contribution in [2.45, 2.75) is 13.3 Å². The number of aromatic nitrogens is 1. The standard InChI is InChI=1S/C14H15BrN4O/c1-2-9-7-10(15)3-4-12(9)18-14(20)13-8-11(19-16)5-6-17-13/h3-8H,2,16H2,1H3,(H,17,19)(H,18,20). The van der Waals surface area contributed by atoms with Crippen molar-refractivity contribution in [2.75, 3.05) is 10.7 Å². The predicted octanol–water partition coefficient (Wildman–Crippen LogP) is 2.94. The van der Waals surface area contributed by atoms with E-state index in [4.69, 9.17) is 5.84 Å². The summed E-state index contributed by atoms with van der Waals surface area (Å²) in [5.74, 6) is 5.05. The van der Waals surface area contributed by atoms with Crippen molar-refractivity contribution >= 4 is 33.2 Å². The van der Waals surface area contributed by atoms with Crippen LogP contribution in [0.25, 0.3) is 0 Å². The van der Waals surface area contributed by atoms with Gasteiger partial charge in [0.25, 0.3) is 5.91 Å². The summed E-state index contributed by atoms with van der Waals surface area (Å²) in [6, 6.07) is 9.03. The second-order valence-corrected chi connectivity index (χ2v) is 5.10. The molecule has 2 rings (SSSR count). The lowest BCUT2D eigenvalue weighted by Gasteiger charge is -2.10. The van der Waals surface area contributed by atoms with E-state index in [1.165, 1.54) is 6.20 Å². The van der Waals surface area contributed by atoms with Crippen LogP contribution in [0.3, 0.4) is 0 Å². The summed E-state index contributed by atoms with van der Waals surface area (Å²) < 4.78 is 0.986. The van der Waals surface area contributed by atoms with Crippen LogP contribution in [0.5, 0.6) is 0 Å². The summed E-state index contributed by atoms with van der Waals surface area (Å²) in [6.45, 7) is 2.04. The number of aryl methyl sites for hydroxylation is 1. The van der Waals surface area contributed by atoms with Crippen LogP contribution >= 0.6 is 15.9 Å². The topological polar surface area (TPSA) is 80.0 Å². The molecule has 6 heteroatoms. The highest BCUT2D eigenvalue weighted by Gasteiger charge is 2.10. The summed E-state index contributed by atoms with van der Waals surface area (Å²) >= 11 is 3.42. The summed E-state index contributed by atoms with van der Waals surface area (Å²) in [7, 11) is 0. The molecule has 0 aliphatic rings. The number of hydrazine groups is 1. The number of nitrogens with two attached hydrogens (primary N) is 1. The molecule has 1 aromatic carbocycles. The number of nitrogens with zero attached hydrogens (tertiary/aromatic N) is 1. The number of anilines is 2. The van der Waals surface area contributed by atoms with Crippen LogP contribution < -0.4 is 16.6 Å². The zero-order valence-electron chi connectivity index (χ0n) is 11.0. The average molecular weight is 335 g/mol. The lowest BCUT2D eigenvalue weighted by atomic mass is 10.1. The van der Waals surface area contributed by atoms with Crippen molar-refractivity contribution in [1.29, 1.82) is 0 Å².